The molecule has 140 valence electrons. The molecule has 26 heavy (non-hydrogen) atoms. The van der Waals surface area contributed by atoms with Crippen LogP contribution in [0.4, 0.5) is 11.8 Å². The maximum absolute atomic E-state index is 4.63. The van der Waals surface area contributed by atoms with Gasteiger partial charge in [-0.25, -0.2) is 4.98 Å². The Morgan fingerprint density at radius 2 is 1.96 bits per heavy atom. The van der Waals surface area contributed by atoms with Gasteiger partial charge in [-0.3, -0.25) is 9.88 Å². The lowest BCUT2D eigenvalue weighted by atomic mass is 10.2. The fourth-order valence-corrected chi connectivity index (χ4v) is 2.94. The van der Waals surface area contributed by atoms with E-state index in [1.54, 1.807) is 6.20 Å². The molecular formula is C19H29N7. The minimum Gasteiger partial charge on any atom is -0.369 e. The van der Waals surface area contributed by atoms with E-state index in [0.29, 0.717) is 5.95 Å². The second kappa shape index (κ2) is 8.91. The molecule has 2 N–H and O–H groups in total. The van der Waals surface area contributed by atoms with Gasteiger partial charge < -0.3 is 15.5 Å². The number of hydrogen-bond donors (Lipinski definition) is 2. The molecule has 2 aromatic rings. The zero-order valence-corrected chi connectivity index (χ0v) is 15.9. The highest BCUT2D eigenvalue weighted by Crippen LogP contribution is 2.20. The lowest BCUT2D eigenvalue weighted by Crippen LogP contribution is -2.45. The minimum atomic E-state index is 0.275. The summed E-state index contributed by atoms with van der Waals surface area (Å²) in [5.41, 5.74) is 1.86. The van der Waals surface area contributed by atoms with Gasteiger partial charge in [-0.15, -0.1) is 0 Å². The van der Waals surface area contributed by atoms with Crippen molar-refractivity contribution in [3.8, 4) is 11.3 Å². The average Bonchev–Trinajstić information content (AvgIpc) is 2.63. The van der Waals surface area contributed by atoms with Crippen molar-refractivity contribution < 1.29 is 0 Å². The first-order valence-corrected chi connectivity index (χ1v) is 9.31. The van der Waals surface area contributed by atoms with Crippen LogP contribution < -0.4 is 10.6 Å². The molecular weight excluding hydrogens is 326 g/mol. The molecule has 0 atom stereocenters. The third kappa shape index (κ3) is 5.37. The molecule has 2 aromatic heterocycles. The standard InChI is InChI=1S/C19H29N7/c1-15(2)22-19-23-17(16-5-4-6-20-14-16)13-18(24-19)21-7-8-26-11-9-25(3)10-12-26/h4-6,13-15H,7-12H2,1-3H3,(H2,21,22,23,24). The second-order valence-corrected chi connectivity index (χ2v) is 7.07. The first-order chi connectivity index (χ1) is 12.6. The highest BCUT2D eigenvalue weighted by molar-refractivity contribution is 5.63. The van der Waals surface area contributed by atoms with Gasteiger partial charge in [-0.2, -0.15) is 4.98 Å². The van der Waals surface area contributed by atoms with E-state index in [-0.39, 0.29) is 6.04 Å². The van der Waals surface area contributed by atoms with Gasteiger partial charge in [0.2, 0.25) is 5.95 Å². The van der Waals surface area contributed by atoms with Crippen molar-refractivity contribution in [2.75, 3.05) is 56.9 Å². The molecule has 3 rings (SSSR count). The zero-order chi connectivity index (χ0) is 18.4. The maximum Gasteiger partial charge on any atom is 0.225 e. The summed E-state index contributed by atoms with van der Waals surface area (Å²) < 4.78 is 0. The van der Waals surface area contributed by atoms with E-state index in [0.717, 1.165) is 56.3 Å². The van der Waals surface area contributed by atoms with Crippen LogP contribution in [0.3, 0.4) is 0 Å². The number of nitrogens with one attached hydrogen (secondary N) is 2. The molecule has 1 aliphatic rings. The Labute approximate surface area is 155 Å². The van der Waals surface area contributed by atoms with Crippen LogP contribution in [0.1, 0.15) is 13.8 Å². The molecule has 0 unspecified atom stereocenters. The van der Waals surface area contributed by atoms with E-state index in [4.69, 9.17) is 0 Å². The summed E-state index contributed by atoms with van der Waals surface area (Å²) >= 11 is 0. The number of aromatic nitrogens is 3. The van der Waals surface area contributed by atoms with E-state index in [1.165, 1.54) is 0 Å². The number of anilines is 2. The fourth-order valence-electron chi connectivity index (χ4n) is 2.94. The number of hydrogen-bond acceptors (Lipinski definition) is 7. The van der Waals surface area contributed by atoms with Crippen molar-refractivity contribution in [1.29, 1.82) is 0 Å². The topological polar surface area (TPSA) is 69.2 Å². The Balaban J connectivity index is 1.67. The van der Waals surface area contributed by atoms with Crippen LogP contribution in [0.5, 0.6) is 0 Å². The predicted octanol–water partition coefficient (Wildman–Crippen LogP) is 2.02. The van der Waals surface area contributed by atoms with E-state index < -0.39 is 0 Å². The molecule has 0 spiro atoms. The lowest BCUT2D eigenvalue weighted by Gasteiger charge is -2.32. The van der Waals surface area contributed by atoms with Crippen LogP contribution in [0, 0.1) is 0 Å². The quantitative estimate of drug-likeness (QED) is 0.787. The summed E-state index contributed by atoms with van der Waals surface area (Å²) in [5.74, 6) is 1.49. The molecule has 0 aromatic carbocycles. The van der Waals surface area contributed by atoms with Gasteiger partial charge in [0.25, 0.3) is 0 Å². The molecule has 7 heteroatoms. The van der Waals surface area contributed by atoms with E-state index in [9.17, 15) is 0 Å². The monoisotopic (exact) mass is 355 g/mol. The molecule has 1 saturated heterocycles. The van der Waals surface area contributed by atoms with E-state index in [2.05, 4.69) is 56.3 Å². The smallest absolute Gasteiger partial charge is 0.225 e. The number of nitrogens with zero attached hydrogens (tertiary/aromatic N) is 5. The van der Waals surface area contributed by atoms with Crippen molar-refractivity contribution in [1.82, 2.24) is 24.8 Å². The minimum absolute atomic E-state index is 0.275. The van der Waals surface area contributed by atoms with Gasteiger partial charge in [0, 0.05) is 69.3 Å². The number of piperazine rings is 1. The number of rotatable bonds is 7. The average molecular weight is 355 g/mol. The van der Waals surface area contributed by atoms with Gasteiger partial charge >= 0.3 is 0 Å². The van der Waals surface area contributed by atoms with Gasteiger partial charge in [0.1, 0.15) is 5.82 Å². The van der Waals surface area contributed by atoms with Crippen molar-refractivity contribution in [3.63, 3.8) is 0 Å². The van der Waals surface area contributed by atoms with Crippen LogP contribution in [0.2, 0.25) is 0 Å². The summed E-state index contributed by atoms with van der Waals surface area (Å²) in [6.07, 6.45) is 3.60. The Bertz CT molecular complexity index is 682. The molecule has 0 saturated carbocycles. The molecule has 1 fully saturated rings. The molecule has 1 aliphatic heterocycles. The molecule has 0 aliphatic carbocycles. The lowest BCUT2D eigenvalue weighted by molar-refractivity contribution is 0.158. The van der Waals surface area contributed by atoms with Gasteiger partial charge in [0.05, 0.1) is 5.69 Å². The Morgan fingerprint density at radius 3 is 2.65 bits per heavy atom. The van der Waals surface area contributed by atoms with Crippen LogP contribution >= 0.6 is 0 Å². The molecule has 3 heterocycles. The number of pyridine rings is 1. The molecule has 0 radical (unpaired) electrons. The molecule has 7 nitrogen and oxygen atoms in total. The summed E-state index contributed by atoms with van der Waals surface area (Å²) in [6, 6.07) is 6.21. The summed E-state index contributed by atoms with van der Waals surface area (Å²) in [7, 11) is 2.18. The third-order valence-corrected chi connectivity index (χ3v) is 4.43. The SMILES string of the molecule is CC(C)Nc1nc(NCCN2CCN(C)CC2)cc(-c2cccnc2)n1. The first-order valence-electron chi connectivity index (χ1n) is 9.31. The molecule has 0 bridgehead atoms. The Morgan fingerprint density at radius 1 is 1.15 bits per heavy atom. The number of likely N-dealkylation sites (N-methyl/N-ethyl adjacent to an activating group) is 1. The normalized spacial score (nSPS) is 16.0. The van der Waals surface area contributed by atoms with Crippen LogP contribution in [0.15, 0.2) is 30.6 Å². The Kier molecular flexibility index (Phi) is 6.35. The Hall–Kier alpha value is -2.25. The summed E-state index contributed by atoms with van der Waals surface area (Å²) in [6.45, 7) is 10.6. The van der Waals surface area contributed by atoms with Gasteiger partial charge in [-0.1, -0.05) is 0 Å². The third-order valence-electron chi connectivity index (χ3n) is 4.43. The maximum atomic E-state index is 4.63. The van der Waals surface area contributed by atoms with Crippen molar-refractivity contribution in [3.05, 3.63) is 30.6 Å². The van der Waals surface area contributed by atoms with Crippen molar-refractivity contribution >= 4 is 11.8 Å². The summed E-state index contributed by atoms with van der Waals surface area (Å²) in [5, 5.41) is 6.76. The van der Waals surface area contributed by atoms with E-state index in [1.807, 2.05) is 24.4 Å². The van der Waals surface area contributed by atoms with Gasteiger partial charge in [0.15, 0.2) is 0 Å². The second-order valence-electron chi connectivity index (χ2n) is 7.07. The highest BCUT2D eigenvalue weighted by atomic mass is 15.3. The first kappa shape index (κ1) is 18.5. The van der Waals surface area contributed by atoms with Gasteiger partial charge in [-0.05, 0) is 33.0 Å². The summed E-state index contributed by atoms with van der Waals surface area (Å²) in [4.78, 5) is 18.3. The van der Waals surface area contributed by atoms with Crippen molar-refractivity contribution in [2.24, 2.45) is 0 Å². The zero-order valence-electron chi connectivity index (χ0n) is 15.9. The fraction of sp³-hybridized carbons (Fsp3) is 0.526. The van der Waals surface area contributed by atoms with Crippen LogP contribution in [-0.4, -0.2) is 77.1 Å². The van der Waals surface area contributed by atoms with Crippen LogP contribution in [-0.2, 0) is 0 Å². The predicted molar refractivity (Wildman–Crippen MR) is 106 cm³/mol. The van der Waals surface area contributed by atoms with Crippen LogP contribution in [0.25, 0.3) is 11.3 Å². The molecule has 0 amide bonds. The highest BCUT2D eigenvalue weighted by Gasteiger charge is 2.13. The largest absolute Gasteiger partial charge is 0.369 e. The van der Waals surface area contributed by atoms with Crippen molar-refractivity contribution in [2.45, 2.75) is 19.9 Å². The van der Waals surface area contributed by atoms with E-state index >= 15 is 0 Å².